The average molecular weight is 365 g/mol. The van der Waals surface area contributed by atoms with Crippen LogP contribution in [0.25, 0.3) is 0 Å². The smallest absolute Gasteiger partial charge is 0.237 e. The molecule has 1 saturated heterocycles. The molecular weight excluding hydrogens is 328 g/mol. The van der Waals surface area contributed by atoms with E-state index in [0.29, 0.717) is 12.1 Å². The zero-order valence-electron chi connectivity index (χ0n) is 16.5. The Kier molecular flexibility index (Phi) is 6.92. The van der Waals surface area contributed by atoms with Gasteiger partial charge < -0.3 is 10.6 Å². The first-order valence-electron chi connectivity index (χ1n) is 10.6. The molecule has 6 heteroatoms. The summed E-state index contributed by atoms with van der Waals surface area (Å²) in [6.07, 6.45) is 9.44. The Morgan fingerprint density at radius 3 is 1.31 bits per heavy atom. The van der Waals surface area contributed by atoms with Crippen molar-refractivity contribution in [1.29, 1.82) is 0 Å². The van der Waals surface area contributed by atoms with Crippen molar-refractivity contribution in [1.82, 2.24) is 20.4 Å². The molecule has 148 valence electrons. The van der Waals surface area contributed by atoms with Gasteiger partial charge in [-0.15, -0.1) is 0 Å². The minimum atomic E-state index is -0.0830. The zero-order valence-corrected chi connectivity index (χ0v) is 16.5. The Balaban J connectivity index is 1.41. The number of nitrogens with zero attached hydrogens (tertiary/aromatic N) is 2. The van der Waals surface area contributed by atoms with Crippen LogP contribution in [0.2, 0.25) is 0 Å². The van der Waals surface area contributed by atoms with Crippen molar-refractivity contribution < 1.29 is 9.59 Å². The zero-order chi connectivity index (χ0) is 18.5. The number of hydrogen-bond donors (Lipinski definition) is 2. The Labute approximate surface area is 158 Å². The van der Waals surface area contributed by atoms with Crippen LogP contribution in [0.3, 0.4) is 0 Å². The summed E-state index contributed by atoms with van der Waals surface area (Å²) in [7, 11) is 0. The van der Waals surface area contributed by atoms with E-state index in [1.807, 2.05) is 13.8 Å². The van der Waals surface area contributed by atoms with E-state index < -0.39 is 0 Å². The minimum absolute atomic E-state index is 0.0830. The predicted molar refractivity (Wildman–Crippen MR) is 103 cm³/mol. The summed E-state index contributed by atoms with van der Waals surface area (Å²) in [5.41, 5.74) is 0. The lowest BCUT2D eigenvalue weighted by molar-refractivity contribution is -0.130. The molecule has 3 fully saturated rings. The van der Waals surface area contributed by atoms with E-state index in [4.69, 9.17) is 0 Å². The molecule has 2 aliphatic carbocycles. The molecule has 3 aliphatic rings. The molecule has 2 saturated carbocycles. The van der Waals surface area contributed by atoms with Gasteiger partial charge in [0, 0.05) is 38.3 Å². The van der Waals surface area contributed by atoms with E-state index in [2.05, 4.69) is 20.4 Å². The number of nitrogens with one attached hydrogen (secondary N) is 2. The molecule has 26 heavy (non-hydrogen) atoms. The molecule has 6 nitrogen and oxygen atoms in total. The maximum Gasteiger partial charge on any atom is 0.237 e. The lowest BCUT2D eigenvalue weighted by Crippen LogP contribution is -2.58. The number of carbonyl (C=O) groups is 2. The van der Waals surface area contributed by atoms with Gasteiger partial charge in [0.2, 0.25) is 11.8 Å². The predicted octanol–water partition coefficient (Wildman–Crippen LogP) is 1.50. The molecule has 0 radical (unpaired) electrons. The number of rotatable bonds is 6. The molecule has 1 heterocycles. The third-order valence-corrected chi connectivity index (χ3v) is 6.61. The van der Waals surface area contributed by atoms with E-state index in [-0.39, 0.29) is 23.9 Å². The van der Waals surface area contributed by atoms with Gasteiger partial charge in [-0.25, -0.2) is 0 Å². The van der Waals surface area contributed by atoms with E-state index in [0.717, 1.165) is 51.9 Å². The first kappa shape index (κ1) is 19.6. The molecule has 2 atom stereocenters. The Hall–Kier alpha value is -1.14. The highest BCUT2D eigenvalue weighted by molar-refractivity contribution is 5.82. The topological polar surface area (TPSA) is 64.7 Å². The Morgan fingerprint density at radius 1 is 0.692 bits per heavy atom. The highest BCUT2D eigenvalue weighted by Crippen LogP contribution is 2.19. The van der Waals surface area contributed by atoms with Crippen LogP contribution in [0, 0.1) is 0 Å². The summed E-state index contributed by atoms with van der Waals surface area (Å²) < 4.78 is 0. The summed E-state index contributed by atoms with van der Waals surface area (Å²) in [6.45, 7) is 7.41. The maximum absolute atomic E-state index is 12.5. The summed E-state index contributed by atoms with van der Waals surface area (Å²) >= 11 is 0. The minimum Gasteiger partial charge on any atom is -0.352 e. The van der Waals surface area contributed by atoms with Crippen molar-refractivity contribution in [3.05, 3.63) is 0 Å². The van der Waals surface area contributed by atoms with E-state index >= 15 is 0 Å². The van der Waals surface area contributed by atoms with E-state index in [9.17, 15) is 9.59 Å². The van der Waals surface area contributed by atoms with E-state index in [1.54, 1.807) is 0 Å². The Morgan fingerprint density at radius 2 is 1.00 bits per heavy atom. The van der Waals surface area contributed by atoms with Crippen LogP contribution < -0.4 is 10.6 Å². The number of carbonyl (C=O) groups excluding carboxylic acids is 2. The summed E-state index contributed by atoms with van der Waals surface area (Å²) in [4.78, 5) is 29.5. The lowest BCUT2D eigenvalue weighted by Gasteiger charge is -2.40. The molecule has 0 bridgehead atoms. The molecule has 1 aliphatic heterocycles. The van der Waals surface area contributed by atoms with Gasteiger partial charge in [0.1, 0.15) is 0 Å². The molecule has 3 rings (SSSR count). The van der Waals surface area contributed by atoms with Crippen molar-refractivity contribution in [2.75, 3.05) is 26.2 Å². The molecule has 0 spiro atoms. The van der Waals surface area contributed by atoms with Gasteiger partial charge in [-0.1, -0.05) is 25.7 Å². The largest absolute Gasteiger partial charge is 0.352 e. The molecule has 2 amide bonds. The van der Waals surface area contributed by atoms with Crippen LogP contribution >= 0.6 is 0 Å². The molecular formula is C20H36N4O2. The van der Waals surface area contributed by atoms with Crippen LogP contribution in [0.1, 0.15) is 65.2 Å². The van der Waals surface area contributed by atoms with Crippen molar-refractivity contribution in [2.24, 2.45) is 0 Å². The number of amides is 2. The summed E-state index contributed by atoms with van der Waals surface area (Å²) in [6, 6.07) is 0.594. The highest BCUT2D eigenvalue weighted by Gasteiger charge is 2.31. The molecule has 0 aromatic heterocycles. The van der Waals surface area contributed by atoms with Gasteiger partial charge in [0.05, 0.1) is 12.1 Å². The van der Waals surface area contributed by atoms with Crippen LogP contribution in [-0.4, -0.2) is 72.0 Å². The van der Waals surface area contributed by atoms with Crippen LogP contribution in [0.5, 0.6) is 0 Å². The molecule has 0 unspecified atom stereocenters. The molecule has 2 N–H and O–H groups in total. The highest BCUT2D eigenvalue weighted by atomic mass is 16.2. The second-order valence-corrected chi connectivity index (χ2v) is 8.40. The SMILES string of the molecule is C[C@@H](C(=O)NC1CCCC1)N1CCN([C@@H](C)C(=O)NC2CCCC2)CC1. The summed E-state index contributed by atoms with van der Waals surface area (Å²) in [5.74, 6) is 0.328. The fourth-order valence-electron chi connectivity index (χ4n) is 4.63. The summed E-state index contributed by atoms with van der Waals surface area (Å²) in [5, 5.41) is 6.42. The normalized spacial score (nSPS) is 25.9. The standard InChI is InChI=1S/C20H36N4O2/c1-15(19(25)21-17-7-3-4-8-17)23-11-13-24(14-12-23)16(2)20(26)22-18-9-5-6-10-18/h15-18H,3-14H2,1-2H3,(H,21,25)(H,22,26)/t15-,16-/m0/s1. The van der Waals surface area contributed by atoms with Gasteiger partial charge in [0.25, 0.3) is 0 Å². The number of piperazine rings is 1. The van der Waals surface area contributed by atoms with Crippen molar-refractivity contribution >= 4 is 11.8 Å². The first-order valence-corrected chi connectivity index (χ1v) is 10.6. The average Bonchev–Trinajstić information content (AvgIpc) is 3.34. The second kappa shape index (κ2) is 9.18. The third kappa shape index (κ3) is 4.97. The monoisotopic (exact) mass is 364 g/mol. The third-order valence-electron chi connectivity index (χ3n) is 6.61. The fraction of sp³-hybridized carbons (Fsp3) is 0.900. The van der Waals surface area contributed by atoms with Crippen LogP contribution in [0.15, 0.2) is 0 Å². The fourth-order valence-corrected chi connectivity index (χ4v) is 4.63. The molecule has 0 aromatic carbocycles. The molecule has 0 aromatic rings. The quantitative estimate of drug-likeness (QED) is 0.750. The maximum atomic E-state index is 12.5. The van der Waals surface area contributed by atoms with Crippen molar-refractivity contribution in [3.8, 4) is 0 Å². The first-order chi connectivity index (χ1) is 12.5. The van der Waals surface area contributed by atoms with Gasteiger partial charge >= 0.3 is 0 Å². The van der Waals surface area contributed by atoms with Gasteiger partial charge in [-0.3, -0.25) is 19.4 Å². The van der Waals surface area contributed by atoms with Crippen molar-refractivity contribution in [2.45, 2.75) is 89.4 Å². The van der Waals surface area contributed by atoms with Crippen LogP contribution in [-0.2, 0) is 9.59 Å². The van der Waals surface area contributed by atoms with Gasteiger partial charge in [-0.05, 0) is 39.5 Å². The second-order valence-electron chi connectivity index (χ2n) is 8.40. The van der Waals surface area contributed by atoms with Gasteiger partial charge in [0.15, 0.2) is 0 Å². The lowest BCUT2D eigenvalue weighted by atomic mass is 10.1. The Bertz CT molecular complexity index is 434. The van der Waals surface area contributed by atoms with Gasteiger partial charge in [-0.2, -0.15) is 0 Å². The van der Waals surface area contributed by atoms with E-state index in [1.165, 1.54) is 25.7 Å². The van der Waals surface area contributed by atoms with Crippen LogP contribution in [0.4, 0.5) is 0 Å². The van der Waals surface area contributed by atoms with Crippen molar-refractivity contribution in [3.63, 3.8) is 0 Å². The number of hydrogen-bond acceptors (Lipinski definition) is 4.